The fourth-order valence-electron chi connectivity index (χ4n) is 1.31. The zero-order valence-electron chi connectivity index (χ0n) is 6.20. The Bertz CT molecular complexity index is 293. The molecule has 2 heteroatoms. The van der Waals surface area contributed by atoms with E-state index in [-0.39, 0.29) is 0 Å². The number of nitrogens with zero attached hydrogens (tertiary/aromatic N) is 1. The van der Waals surface area contributed by atoms with E-state index in [4.69, 9.17) is 0 Å². The largest absolute Gasteiger partial charge is 0.333 e. The van der Waals surface area contributed by atoms with Crippen LogP contribution in [0.3, 0.4) is 0 Å². The molecule has 1 heterocycles. The summed E-state index contributed by atoms with van der Waals surface area (Å²) in [4.78, 5) is 0. The molecule has 1 aromatic carbocycles. The summed E-state index contributed by atoms with van der Waals surface area (Å²) >= 11 is 0. The summed E-state index contributed by atoms with van der Waals surface area (Å²) in [5.74, 6) is 0. The monoisotopic (exact) mass is 163 g/mol. The molecule has 0 amide bonds. The van der Waals surface area contributed by atoms with E-state index in [0.717, 1.165) is 6.42 Å². The van der Waals surface area contributed by atoms with Crippen molar-refractivity contribution >= 4 is 15.1 Å². The number of benzene rings is 1. The average Bonchev–Trinajstić information content (AvgIpc) is 2.06. The number of hydrogen-bond donors (Lipinski definition) is 0. The van der Waals surface area contributed by atoms with Gasteiger partial charge in [-0.1, -0.05) is 24.3 Å². The van der Waals surface area contributed by atoms with Crippen molar-refractivity contribution in [1.82, 2.24) is 0 Å². The van der Waals surface area contributed by atoms with E-state index in [0.29, 0.717) is 0 Å². The van der Waals surface area contributed by atoms with Crippen LogP contribution in [0.4, 0.5) is 5.69 Å². The summed E-state index contributed by atoms with van der Waals surface area (Å²) in [6, 6.07) is 8.44. The highest BCUT2D eigenvalue weighted by molar-refractivity contribution is 7.19. The number of allylic oxidation sites excluding steroid dienone is 1. The SMILES string of the molecule is PN1C=CCc2ccccc21. The quantitative estimate of drug-likeness (QED) is 0.530. The average molecular weight is 163 g/mol. The lowest BCUT2D eigenvalue weighted by molar-refractivity contribution is 1.19. The van der Waals surface area contributed by atoms with E-state index in [1.807, 2.05) is 0 Å². The van der Waals surface area contributed by atoms with E-state index in [1.165, 1.54) is 11.3 Å². The lowest BCUT2D eigenvalue weighted by Gasteiger charge is -2.21. The Labute approximate surface area is 69.0 Å². The van der Waals surface area contributed by atoms with E-state index in [9.17, 15) is 0 Å². The standard InChI is InChI=1S/C9H10NP/c11-10-7-3-5-8-4-1-2-6-9(8)10/h1-4,6-7H,5,11H2. The molecule has 1 aliphatic rings. The Hall–Kier alpha value is -0.810. The maximum Gasteiger partial charge on any atom is 0.0470 e. The molecular formula is C9H10NP. The molecule has 1 aliphatic heterocycles. The van der Waals surface area contributed by atoms with Gasteiger partial charge in [-0.2, -0.15) is 0 Å². The molecule has 1 atom stereocenters. The molecule has 0 N–H and O–H groups in total. The van der Waals surface area contributed by atoms with Crippen molar-refractivity contribution < 1.29 is 0 Å². The van der Waals surface area contributed by atoms with Crippen LogP contribution in [0, 0.1) is 0 Å². The number of para-hydroxylation sites is 1. The van der Waals surface area contributed by atoms with Crippen LogP contribution in [0.1, 0.15) is 5.56 Å². The van der Waals surface area contributed by atoms with Crippen molar-refractivity contribution in [3.05, 3.63) is 42.1 Å². The molecule has 11 heavy (non-hydrogen) atoms. The smallest absolute Gasteiger partial charge is 0.0470 e. The summed E-state index contributed by atoms with van der Waals surface area (Å²) in [7, 11) is 2.68. The highest BCUT2D eigenvalue weighted by Crippen LogP contribution is 2.27. The zero-order chi connectivity index (χ0) is 7.68. The normalized spacial score (nSPS) is 14.8. The van der Waals surface area contributed by atoms with Crippen LogP contribution in [0.2, 0.25) is 0 Å². The molecule has 0 aliphatic carbocycles. The van der Waals surface area contributed by atoms with Crippen molar-refractivity contribution in [2.45, 2.75) is 6.42 Å². The van der Waals surface area contributed by atoms with Crippen molar-refractivity contribution in [2.24, 2.45) is 0 Å². The van der Waals surface area contributed by atoms with Crippen molar-refractivity contribution in [3.8, 4) is 0 Å². The van der Waals surface area contributed by atoms with Crippen molar-refractivity contribution in [3.63, 3.8) is 0 Å². The number of anilines is 1. The molecular weight excluding hydrogens is 153 g/mol. The van der Waals surface area contributed by atoms with Gasteiger partial charge in [-0.05, 0) is 27.4 Å². The van der Waals surface area contributed by atoms with Crippen molar-refractivity contribution in [2.75, 3.05) is 4.67 Å². The number of rotatable bonds is 0. The van der Waals surface area contributed by atoms with Crippen LogP contribution in [-0.2, 0) is 6.42 Å². The van der Waals surface area contributed by atoms with Gasteiger partial charge in [0.1, 0.15) is 0 Å². The van der Waals surface area contributed by atoms with Crippen LogP contribution < -0.4 is 4.67 Å². The minimum Gasteiger partial charge on any atom is -0.333 e. The first-order chi connectivity index (χ1) is 5.38. The third-order valence-corrected chi connectivity index (χ3v) is 2.32. The molecule has 0 radical (unpaired) electrons. The van der Waals surface area contributed by atoms with Gasteiger partial charge in [0.05, 0.1) is 0 Å². The summed E-state index contributed by atoms with van der Waals surface area (Å²) in [5.41, 5.74) is 2.69. The third-order valence-electron chi connectivity index (χ3n) is 1.87. The van der Waals surface area contributed by atoms with Gasteiger partial charge in [0, 0.05) is 11.9 Å². The second kappa shape index (κ2) is 2.67. The van der Waals surface area contributed by atoms with Gasteiger partial charge in [0.2, 0.25) is 0 Å². The van der Waals surface area contributed by atoms with Crippen LogP contribution in [-0.4, -0.2) is 0 Å². The Balaban J connectivity index is 2.50. The fourth-order valence-corrected chi connectivity index (χ4v) is 1.68. The van der Waals surface area contributed by atoms with Gasteiger partial charge in [-0.3, -0.25) is 0 Å². The van der Waals surface area contributed by atoms with Gasteiger partial charge in [-0.25, -0.2) is 0 Å². The first kappa shape index (κ1) is 6.87. The second-order valence-electron chi connectivity index (χ2n) is 2.62. The molecule has 1 aromatic rings. The molecule has 56 valence electrons. The zero-order valence-corrected chi connectivity index (χ0v) is 7.35. The van der Waals surface area contributed by atoms with Crippen LogP contribution >= 0.6 is 9.39 Å². The van der Waals surface area contributed by atoms with E-state index in [2.05, 4.69) is 50.6 Å². The van der Waals surface area contributed by atoms with Crippen LogP contribution in [0.5, 0.6) is 0 Å². The van der Waals surface area contributed by atoms with Gasteiger partial charge in [-0.15, -0.1) is 0 Å². The molecule has 0 spiro atoms. The Kier molecular flexibility index (Phi) is 1.67. The minimum absolute atomic E-state index is 1.06. The summed E-state index contributed by atoms with van der Waals surface area (Å²) < 4.78 is 2.07. The Morgan fingerprint density at radius 3 is 2.91 bits per heavy atom. The third kappa shape index (κ3) is 1.17. The number of hydrogen-bond acceptors (Lipinski definition) is 1. The molecule has 0 saturated heterocycles. The van der Waals surface area contributed by atoms with Crippen LogP contribution in [0.25, 0.3) is 0 Å². The molecule has 0 fully saturated rings. The van der Waals surface area contributed by atoms with Gasteiger partial charge < -0.3 is 4.67 Å². The first-order valence-corrected chi connectivity index (χ1v) is 4.18. The molecule has 0 saturated carbocycles. The van der Waals surface area contributed by atoms with Gasteiger partial charge in [0.25, 0.3) is 0 Å². The lowest BCUT2D eigenvalue weighted by atomic mass is 10.1. The van der Waals surface area contributed by atoms with Crippen molar-refractivity contribution in [1.29, 1.82) is 0 Å². The highest BCUT2D eigenvalue weighted by atomic mass is 31.0. The summed E-state index contributed by atoms with van der Waals surface area (Å²) in [6.07, 6.45) is 5.30. The molecule has 1 nitrogen and oxygen atoms in total. The van der Waals surface area contributed by atoms with E-state index in [1.54, 1.807) is 0 Å². The number of fused-ring (bicyclic) bond motifs is 1. The molecule has 0 aromatic heterocycles. The van der Waals surface area contributed by atoms with Gasteiger partial charge >= 0.3 is 0 Å². The predicted molar refractivity (Wildman–Crippen MR) is 51.5 cm³/mol. The Morgan fingerprint density at radius 2 is 2.09 bits per heavy atom. The maximum atomic E-state index is 2.68. The minimum atomic E-state index is 1.06. The highest BCUT2D eigenvalue weighted by Gasteiger charge is 2.06. The molecule has 1 unspecified atom stereocenters. The molecule has 2 rings (SSSR count). The maximum absolute atomic E-state index is 2.68. The summed E-state index contributed by atoms with van der Waals surface area (Å²) in [5, 5.41) is 0. The second-order valence-corrected chi connectivity index (χ2v) is 3.18. The lowest BCUT2D eigenvalue weighted by Crippen LogP contribution is -2.06. The molecule has 0 bridgehead atoms. The Morgan fingerprint density at radius 1 is 1.27 bits per heavy atom. The predicted octanol–water partition coefficient (Wildman–Crippen LogP) is 2.35. The summed E-state index contributed by atoms with van der Waals surface area (Å²) in [6.45, 7) is 0. The van der Waals surface area contributed by atoms with E-state index >= 15 is 0 Å². The topological polar surface area (TPSA) is 3.24 Å². The first-order valence-electron chi connectivity index (χ1n) is 3.66. The van der Waals surface area contributed by atoms with Gasteiger partial charge in [0.15, 0.2) is 0 Å². The fraction of sp³-hybridized carbons (Fsp3) is 0.111. The van der Waals surface area contributed by atoms with E-state index < -0.39 is 0 Å². The van der Waals surface area contributed by atoms with Crippen LogP contribution in [0.15, 0.2) is 36.5 Å².